The first kappa shape index (κ1) is 10.1. The summed E-state index contributed by atoms with van der Waals surface area (Å²) in [5, 5.41) is 0. The summed E-state index contributed by atoms with van der Waals surface area (Å²) in [6.07, 6.45) is 0.668. The summed E-state index contributed by atoms with van der Waals surface area (Å²) in [4.78, 5) is 1.98. The van der Waals surface area contributed by atoms with Gasteiger partial charge in [0, 0.05) is 12.6 Å². The van der Waals surface area contributed by atoms with Crippen molar-refractivity contribution in [3.8, 4) is 0 Å². The van der Waals surface area contributed by atoms with Crippen molar-refractivity contribution in [2.45, 2.75) is 6.42 Å². The summed E-state index contributed by atoms with van der Waals surface area (Å²) in [6, 6.07) is 3.62. The molecule has 0 N–H and O–H groups in total. The largest absolute Gasteiger partial charge is 0.309 e. The summed E-state index contributed by atoms with van der Waals surface area (Å²) in [5.74, 6) is -1.01. The van der Waals surface area contributed by atoms with Gasteiger partial charge in [-0.05, 0) is 38.2 Å². The topological polar surface area (TPSA) is 3.24 Å². The first-order valence-corrected chi connectivity index (χ1v) is 4.17. The van der Waals surface area contributed by atoms with Gasteiger partial charge in [-0.1, -0.05) is 0 Å². The van der Waals surface area contributed by atoms with Crippen LogP contribution >= 0.6 is 0 Å². The standard InChI is InChI=1S/C10H13F2N/c1-13(2)4-3-8-5-9(11)7-10(12)6-8/h5-7H,3-4H2,1-2H3. The Morgan fingerprint density at radius 3 is 2.08 bits per heavy atom. The molecule has 0 amide bonds. The molecule has 0 saturated heterocycles. The van der Waals surface area contributed by atoms with E-state index in [1.807, 2.05) is 19.0 Å². The molecule has 0 aliphatic carbocycles. The number of likely N-dealkylation sites (N-methyl/N-ethyl adjacent to an activating group) is 1. The molecule has 0 fully saturated rings. The highest BCUT2D eigenvalue weighted by molar-refractivity contribution is 5.18. The smallest absolute Gasteiger partial charge is 0.126 e. The van der Waals surface area contributed by atoms with Crippen LogP contribution in [0, 0.1) is 11.6 Å². The van der Waals surface area contributed by atoms with Crippen LogP contribution < -0.4 is 0 Å². The molecule has 0 aliphatic rings. The van der Waals surface area contributed by atoms with E-state index in [-0.39, 0.29) is 0 Å². The van der Waals surface area contributed by atoms with E-state index < -0.39 is 11.6 Å². The number of nitrogens with zero attached hydrogens (tertiary/aromatic N) is 1. The van der Waals surface area contributed by atoms with Gasteiger partial charge in [0.25, 0.3) is 0 Å². The van der Waals surface area contributed by atoms with Crippen molar-refractivity contribution in [1.82, 2.24) is 4.90 Å². The van der Waals surface area contributed by atoms with E-state index in [2.05, 4.69) is 0 Å². The Kier molecular flexibility index (Phi) is 3.37. The lowest BCUT2D eigenvalue weighted by molar-refractivity contribution is 0.413. The Balaban J connectivity index is 2.66. The van der Waals surface area contributed by atoms with Gasteiger partial charge in [-0.15, -0.1) is 0 Å². The summed E-state index contributed by atoms with van der Waals surface area (Å²) in [5.41, 5.74) is 0.700. The van der Waals surface area contributed by atoms with Gasteiger partial charge in [-0.3, -0.25) is 0 Å². The van der Waals surface area contributed by atoms with Crippen LogP contribution in [0.5, 0.6) is 0 Å². The minimum absolute atomic E-state index is 0.506. The van der Waals surface area contributed by atoms with Crippen LogP contribution in [0.15, 0.2) is 18.2 Å². The predicted octanol–water partition coefficient (Wildman–Crippen LogP) is 2.07. The van der Waals surface area contributed by atoms with Gasteiger partial charge in [-0.2, -0.15) is 0 Å². The van der Waals surface area contributed by atoms with E-state index in [0.717, 1.165) is 12.6 Å². The van der Waals surface area contributed by atoms with Gasteiger partial charge in [0.1, 0.15) is 11.6 Å². The monoisotopic (exact) mass is 185 g/mol. The normalized spacial score (nSPS) is 10.8. The van der Waals surface area contributed by atoms with Crippen molar-refractivity contribution >= 4 is 0 Å². The van der Waals surface area contributed by atoms with Crippen LogP contribution in [-0.4, -0.2) is 25.5 Å². The number of benzene rings is 1. The average Bonchev–Trinajstić information content (AvgIpc) is 1.99. The first-order chi connectivity index (χ1) is 6.08. The quantitative estimate of drug-likeness (QED) is 0.696. The molecule has 1 nitrogen and oxygen atoms in total. The lowest BCUT2D eigenvalue weighted by Crippen LogP contribution is -2.15. The summed E-state index contributed by atoms with van der Waals surface area (Å²) >= 11 is 0. The zero-order chi connectivity index (χ0) is 9.84. The Labute approximate surface area is 77.0 Å². The van der Waals surface area contributed by atoms with Gasteiger partial charge in [0.2, 0.25) is 0 Å². The molecule has 0 atom stereocenters. The van der Waals surface area contributed by atoms with Crippen molar-refractivity contribution in [2.24, 2.45) is 0 Å². The average molecular weight is 185 g/mol. The molecule has 13 heavy (non-hydrogen) atoms. The van der Waals surface area contributed by atoms with Gasteiger partial charge < -0.3 is 4.90 Å². The Bertz CT molecular complexity index is 264. The zero-order valence-electron chi connectivity index (χ0n) is 7.85. The molecule has 0 heterocycles. The van der Waals surface area contributed by atoms with Crippen molar-refractivity contribution < 1.29 is 8.78 Å². The second kappa shape index (κ2) is 4.33. The molecular formula is C10H13F2N. The third kappa shape index (κ3) is 3.51. The molecule has 0 aliphatic heterocycles. The van der Waals surface area contributed by atoms with E-state index in [1.165, 1.54) is 12.1 Å². The fraction of sp³-hybridized carbons (Fsp3) is 0.400. The van der Waals surface area contributed by atoms with Gasteiger partial charge in [0.05, 0.1) is 0 Å². The minimum atomic E-state index is -0.506. The molecule has 1 aromatic rings. The Morgan fingerprint density at radius 1 is 1.08 bits per heavy atom. The molecule has 0 bridgehead atoms. The number of hydrogen-bond donors (Lipinski definition) is 0. The van der Waals surface area contributed by atoms with Crippen molar-refractivity contribution in [1.29, 1.82) is 0 Å². The summed E-state index contributed by atoms with van der Waals surface area (Å²) < 4.78 is 25.4. The molecule has 0 saturated carbocycles. The highest BCUT2D eigenvalue weighted by atomic mass is 19.1. The van der Waals surface area contributed by atoms with Crippen LogP contribution in [-0.2, 0) is 6.42 Å². The third-order valence-electron chi connectivity index (χ3n) is 1.77. The van der Waals surface area contributed by atoms with Gasteiger partial charge >= 0.3 is 0 Å². The van der Waals surface area contributed by atoms with Crippen LogP contribution in [0.4, 0.5) is 8.78 Å². The fourth-order valence-corrected chi connectivity index (χ4v) is 1.11. The maximum atomic E-state index is 12.7. The number of halogens is 2. The Morgan fingerprint density at radius 2 is 1.62 bits per heavy atom. The first-order valence-electron chi connectivity index (χ1n) is 4.17. The highest BCUT2D eigenvalue weighted by Gasteiger charge is 2.00. The molecule has 1 aromatic carbocycles. The number of hydrogen-bond acceptors (Lipinski definition) is 1. The van der Waals surface area contributed by atoms with Crippen LogP contribution in [0.25, 0.3) is 0 Å². The lowest BCUT2D eigenvalue weighted by atomic mass is 10.1. The van der Waals surface area contributed by atoms with E-state index in [1.54, 1.807) is 0 Å². The molecule has 0 spiro atoms. The van der Waals surface area contributed by atoms with E-state index in [9.17, 15) is 8.78 Å². The molecule has 0 radical (unpaired) electrons. The predicted molar refractivity (Wildman–Crippen MR) is 48.6 cm³/mol. The van der Waals surface area contributed by atoms with Crippen molar-refractivity contribution in [2.75, 3.05) is 20.6 Å². The second-order valence-corrected chi connectivity index (χ2v) is 3.33. The molecule has 0 aromatic heterocycles. The summed E-state index contributed by atoms with van der Waals surface area (Å²) in [7, 11) is 3.85. The Hall–Kier alpha value is -0.960. The zero-order valence-corrected chi connectivity index (χ0v) is 7.85. The third-order valence-corrected chi connectivity index (χ3v) is 1.77. The lowest BCUT2D eigenvalue weighted by Gasteiger charge is -2.08. The van der Waals surface area contributed by atoms with Crippen LogP contribution in [0.3, 0.4) is 0 Å². The maximum Gasteiger partial charge on any atom is 0.126 e. The van der Waals surface area contributed by atoms with E-state index in [0.29, 0.717) is 12.0 Å². The van der Waals surface area contributed by atoms with Crippen LogP contribution in [0.1, 0.15) is 5.56 Å². The van der Waals surface area contributed by atoms with Crippen molar-refractivity contribution in [3.63, 3.8) is 0 Å². The van der Waals surface area contributed by atoms with Crippen LogP contribution in [0.2, 0.25) is 0 Å². The molecule has 1 rings (SSSR count). The van der Waals surface area contributed by atoms with Gasteiger partial charge in [-0.25, -0.2) is 8.78 Å². The molecule has 72 valence electrons. The minimum Gasteiger partial charge on any atom is -0.309 e. The highest BCUT2D eigenvalue weighted by Crippen LogP contribution is 2.08. The maximum absolute atomic E-state index is 12.7. The van der Waals surface area contributed by atoms with Gasteiger partial charge in [0.15, 0.2) is 0 Å². The number of rotatable bonds is 3. The van der Waals surface area contributed by atoms with E-state index in [4.69, 9.17) is 0 Å². The molecule has 0 unspecified atom stereocenters. The molecular weight excluding hydrogens is 172 g/mol. The SMILES string of the molecule is CN(C)CCc1cc(F)cc(F)c1. The van der Waals surface area contributed by atoms with E-state index >= 15 is 0 Å². The second-order valence-electron chi connectivity index (χ2n) is 3.33. The van der Waals surface area contributed by atoms with Crippen molar-refractivity contribution in [3.05, 3.63) is 35.4 Å². The molecule has 3 heteroatoms. The summed E-state index contributed by atoms with van der Waals surface area (Å²) in [6.45, 7) is 0.795. The fourth-order valence-electron chi connectivity index (χ4n) is 1.11.